The highest BCUT2D eigenvalue weighted by atomic mass is 19.1. The molecule has 3 aromatic rings. The lowest BCUT2D eigenvalue weighted by Crippen LogP contribution is -2.02. The molecule has 0 saturated heterocycles. The summed E-state index contributed by atoms with van der Waals surface area (Å²) in [6.07, 6.45) is 1.68. The van der Waals surface area contributed by atoms with Crippen LogP contribution >= 0.6 is 0 Å². The first-order chi connectivity index (χ1) is 9.31. The molecule has 3 nitrogen and oxygen atoms in total. The number of hydrogen-bond donors (Lipinski definition) is 1. The van der Waals surface area contributed by atoms with Crippen LogP contribution < -0.4 is 5.32 Å². The van der Waals surface area contributed by atoms with E-state index in [9.17, 15) is 4.39 Å². The van der Waals surface area contributed by atoms with E-state index in [0.29, 0.717) is 12.4 Å². The molecule has 0 amide bonds. The standard InChI is InChI=1S/C15H12FN3/c16-12-5-3-4-11(8-12)9-18-15-10-17-13-6-1-2-7-14(13)19-15/h1-8,10H,9H2,(H,18,19). The maximum atomic E-state index is 13.0. The van der Waals surface area contributed by atoms with Crippen LogP contribution in [0.4, 0.5) is 10.2 Å². The van der Waals surface area contributed by atoms with E-state index in [1.54, 1.807) is 12.3 Å². The van der Waals surface area contributed by atoms with Crippen molar-refractivity contribution in [2.45, 2.75) is 6.54 Å². The van der Waals surface area contributed by atoms with Gasteiger partial charge >= 0.3 is 0 Å². The largest absolute Gasteiger partial charge is 0.365 e. The van der Waals surface area contributed by atoms with Gasteiger partial charge in [-0.3, -0.25) is 4.98 Å². The molecular formula is C15H12FN3. The second kappa shape index (κ2) is 5.02. The van der Waals surface area contributed by atoms with Gasteiger partial charge in [-0.15, -0.1) is 0 Å². The fourth-order valence-electron chi connectivity index (χ4n) is 1.88. The van der Waals surface area contributed by atoms with Crippen LogP contribution in [-0.4, -0.2) is 9.97 Å². The lowest BCUT2D eigenvalue weighted by Gasteiger charge is -2.06. The maximum Gasteiger partial charge on any atom is 0.145 e. The third-order valence-electron chi connectivity index (χ3n) is 2.81. The van der Waals surface area contributed by atoms with Gasteiger partial charge in [0.1, 0.15) is 11.6 Å². The Bertz CT molecular complexity index is 712. The average Bonchev–Trinajstić information content (AvgIpc) is 2.45. The van der Waals surface area contributed by atoms with Crippen molar-refractivity contribution in [1.82, 2.24) is 9.97 Å². The smallest absolute Gasteiger partial charge is 0.145 e. The van der Waals surface area contributed by atoms with E-state index >= 15 is 0 Å². The molecule has 19 heavy (non-hydrogen) atoms. The van der Waals surface area contributed by atoms with Crippen LogP contribution in [0.15, 0.2) is 54.7 Å². The van der Waals surface area contributed by atoms with Crippen molar-refractivity contribution >= 4 is 16.9 Å². The SMILES string of the molecule is Fc1cccc(CNc2cnc3ccccc3n2)c1. The Morgan fingerprint density at radius 1 is 1.00 bits per heavy atom. The number of anilines is 1. The summed E-state index contributed by atoms with van der Waals surface area (Å²) in [5.41, 5.74) is 2.57. The van der Waals surface area contributed by atoms with Gasteiger partial charge in [0, 0.05) is 6.54 Å². The predicted octanol–water partition coefficient (Wildman–Crippen LogP) is 3.38. The Kier molecular flexibility index (Phi) is 3.06. The zero-order valence-electron chi connectivity index (χ0n) is 10.2. The summed E-state index contributed by atoms with van der Waals surface area (Å²) >= 11 is 0. The van der Waals surface area contributed by atoms with Gasteiger partial charge < -0.3 is 5.32 Å². The second-order valence-electron chi connectivity index (χ2n) is 4.23. The predicted molar refractivity (Wildman–Crippen MR) is 73.3 cm³/mol. The number of nitrogens with one attached hydrogen (secondary N) is 1. The summed E-state index contributed by atoms with van der Waals surface area (Å²) in [6.45, 7) is 0.519. The van der Waals surface area contributed by atoms with Gasteiger partial charge in [0.25, 0.3) is 0 Å². The van der Waals surface area contributed by atoms with Crippen molar-refractivity contribution < 1.29 is 4.39 Å². The molecule has 0 fully saturated rings. The minimum Gasteiger partial charge on any atom is -0.365 e. The van der Waals surface area contributed by atoms with Crippen molar-refractivity contribution in [2.24, 2.45) is 0 Å². The van der Waals surface area contributed by atoms with Crippen LogP contribution in [0.1, 0.15) is 5.56 Å². The molecule has 0 aliphatic carbocycles. The minimum absolute atomic E-state index is 0.233. The Morgan fingerprint density at radius 3 is 2.68 bits per heavy atom. The quantitative estimate of drug-likeness (QED) is 0.777. The fraction of sp³-hybridized carbons (Fsp3) is 0.0667. The van der Waals surface area contributed by atoms with Crippen molar-refractivity contribution in [1.29, 1.82) is 0 Å². The highest BCUT2D eigenvalue weighted by molar-refractivity contribution is 5.75. The van der Waals surface area contributed by atoms with Gasteiger partial charge in [-0.2, -0.15) is 0 Å². The molecule has 3 rings (SSSR count). The van der Waals surface area contributed by atoms with Crippen LogP contribution in [0.3, 0.4) is 0 Å². The number of hydrogen-bond acceptors (Lipinski definition) is 3. The molecule has 0 saturated carbocycles. The molecule has 0 aliphatic heterocycles. The summed E-state index contributed by atoms with van der Waals surface area (Å²) in [5.74, 6) is 0.451. The zero-order valence-corrected chi connectivity index (χ0v) is 10.2. The first-order valence-electron chi connectivity index (χ1n) is 6.01. The van der Waals surface area contributed by atoms with Crippen molar-refractivity contribution in [3.63, 3.8) is 0 Å². The first-order valence-corrected chi connectivity index (χ1v) is 6.01. The lowest BCUT2D eigenvalue weighted by molar-refractivity contribution is 0.626. The Morgan fingerprint density at radius 2 is 1.84 bits per heavy atom. The summed E-state index contributed by atoms with van der Waals surface area (Å²) in [4.78, 5) is 8.76. The molecule has 0 atom stereocenters. The molecule has 0 unspecified atom stereocenters. The van der Waals surface area contributed by atoms with Gasteiger partial charge in [0.05, 0.1) is 17.2 Å². The number of fused-ring (bicyclic) bond motifs is 1. The normalized spacial score (nSPS) is 10.6. The Balaban J connectivity index is 1.78. The summed E-state index contributed by atoms with van der Waals surface area (Å²) in [5, 5.41) is 3.14. The van der Waals surface area contributed by atoms with Gasteiger partial charge in [0.15, 0.2) is 0 Å². The molecular weight excluding hydrogens is 241 g/mol. The maximum absolute atomic E-state index is 13.0. The molecule has 0 bridgehead atoms. The molecule has 1 aromatic heterocycles. The third kappa shape index (κ3) is 2.68. The topological polar surface area (TPSA) is 37.8 Å². The molecule has 0 spiro atoms. The van der Waals surface area contributed by atoms with Crippen molar-refractivity contribution in [3.8, 4) is 0 Å². The van der Waals surface area contributed by atoms with Gasteiger partial charge in [-0.25, -0.2) is 9.37 Å². The fourth-order valence-corrected chi connectivity index (χ4v) is 1.88. The third-order valence-corrected chi connectivity index (χ3v) is 2.81. The molecule has 4 heteroatoms. The molecule has 0 aliphatic rings. The molecule has 0 radical (unpaired) electrons. The van der Waals surface area contributed by atoms with E-state index in [4.69, 9.17) is 0 Å². The lowest BCUT2D eigenvalue weighted by atomic mass is 10.2. The summed E-state index contributed by atoms with van der Waals surface area (Å²) in [7, 11) is 0. The highest BCUT2D eigenvalue weighted by Gasteiger charge is 2.00. The molecule has 1 heterocycles. The minimum atomic E-state index is -0.233. The Labute approximate surface area is 110 Å². The number of rotatable bonds is 3. The summed E-state index contributed by atoms with van der Waals surface area (Å²) < 4.78 is 13.0. The zero-order chi connectivity index (χ0) is 13.1. The van der Waals surface area contributed by atoms with Crippen LogP contribution in [0, 0.1) is 5.82 Å². The molecule has 94 valence electrons. The second-order valence-corrected chi connectivity index (χ2v) is 4.23. The van der Waals surface area contributed by atoms with Crippen LogP contribution in [-0.2, 0) is 6.54 Å². The van der Waals surface area contributed by atoms with Crippen molar-refractivity contribution in [2.75, 3.05) is 5.32 Å². The highest BCUT2D eigenvalue weighted by Crippen LogP contribution is 2.12. The van der Waals surface area contributed by atoms with E-state index in [2.05, 4.69) is 15.3 Å². The number of nitrogens with zero attached hydrogens (tertiary/aromatic N) is 2. The van der Waals surface area contributed by atoms with Crippen molar-refractivity contribution in [3.05, 3.63) is 66.1 Å². The monoisotopic (exact) mass is 253 g/mol. The van der Waals surface area contributed by atoms with Gasteiger partial charge in [-0.1, -0.05) is 24.3 Å². The number of aromatic nitrogens is 2. The number of benzene rings is 2. The van der Waals surface area contributed by atoms with Crippen LogP contribution in [0.2, 0.25) is 0 Å². The number of para-hydroxylation sites is 2. The van der Waals surface area contributed by atoms with E-state index in [1.807, 2.05) is 30.3 Å². The molecule has 2 aromatic carbocycles. The van der Waals surface area contributed by atoms with Crippen LogP contribution in [0.5, 0.6) is 0 Å². The first kappa shape index (κ1) is 11.6. The average molecular weight is 253 g/mol. The Hall–Kier alpha value is -2.49. The number of halogens is 1. The van der Waals surface area contributed by atoms with Gasteiger partial charge in [-0.05, 0) is 29.8 Å². The van der Waals surface area contributed by atoms with E-state index in [1.165, 1.54) is 12.1 Å². The molecule has 1 N–H and O–H groups in total. The summed E-state index contributed by atoms with van der Waals surface area (Å²) in [6, 6.07) is 14.2. The van der Waals surface area contributed by atoms with E-state index in [-0.39, 0.29) is 5.82 Å². The van der Waals surface area contributed by atoms with Gasteiger partial charge in [0.2, 0.25) is 0 Å². The van der Waals surface area contributed by atoms with E-state index < -0.39 is 0 Å². The van der Waals surface area contributed by atoms with Crippen LogP contribution in [0.25, 0.3) is 11.0 Å². The van der Waals surface area contributed by atoms with E-state index in [0.717, 1.165) is 16.6 Å².